The summed E-state index contributed by atoms with van der Waals surface area (Å²) < 4.78 is 6.64. The molecule has 1 amide bonds. The first-order valence-electron chi connectivity index (χ1n) is 8.46. The minimum Gasteiger partial charge on any atom is -0.484 e. The van der Waals surface area contributed by atoms with Crippen molar-refractivity contribution in [1.82, 2.24) is 5.43 Å². The number of carbonyl (C=O) groups excluding carboxylic acids is 1. The number of rotatable bonds is 9. The van der Waals surface area contributed by atoms with Crippen LogP contribution < -0.4 is 10.2 Å². The van der Waals surface area contributed by atoms with Gasteiger partial charge in [-0.2, -0.15) is 5.10 Å². The lowest BCUT2D eigenvalue weighted by molar-refractivity contribution is -0.123. The number of hydrogen-bond acceptors (Lipinski definition) is 3. The van der Waals surface area contributed by atoms with Crippen LogP contribution in [0.3, 0.4) is 0 Å². The van der Waals surface area contributed by atoms with Crippen molar-refractivity contribution in [3.05, 3.63) is 63.2 Å². The van der Waals surface area contributed by atoms with E-state index >= 15 is 0 Å². The molecule has 0 aromatic heterocycles. The van der Waals surface area contributed by atoms with Gasteiger partial charge in [0.05, 0.1) is 6.21 Å². The predicted molar refractivity (Wildman–Crippen MR) is 110 cm³/mol. The molecule has 132 valence electrons. The zero-order valence-corrected chi connectivity index (χ0v) is 16.5. The topological polar surface area (TPSA) is 50.7 Å². The fourth-order valence-electron chi connectivity index (χ4n) is 2.24. The Morgan fingerprint density at radius 2 is 1.84 bits per heavy atom. The monoisotopic (exact) mass is 450 g/mol. The summed E-state index contributed by atoms with van der Waals surface area (Å²) >= 11 is 2.24. The molecule has 0 atom stereocenters. The van der Waals surface area contributed by atoms with E-state index in [-0.39, 0.29) is 12.5 Å². The molecule has 0 aliphatic carbocycles. The Balaban J connectivity index is 1.71. The molecule has 2 rings (SSSR count). The van der Waals surface area contributed by atoms with Crippen LogP contribution in [0.5, 0.6) is 5.75 Å². The third kappa shape index (κ3) is 7.69. The number of hydrogen-bond donors (Lipinski definition) is 1. The maximum Gasteiger partial charge on any atom is 0.277 e. The van der Waals surface area contributed by atoms with Crippen LogP contribution in [0.25, 0.3) is 0 Å². The molecule has 0 saturated carbocycles. The molecule has 1 N–H and O–H groups in total. The Kier molecular flexibility index (Phi) is 8.45. The number of nitrogens with zero attached hydrogens (tertiary/aromatic N) is 1. The molecule has 25 heavy (non-hydrogen) atoms. The Labute approximate surface area is 162 Å². The number of hydrazone groups is 1. The third-order valence-electron chi connectivity index (χ3n) is 3.64. The molecule has 2 aromatic rings. The lowest BCUT2D eigenvalue weighted by atomic mass is 10.1. The second-order valence-electron chi connectivity index (χ2n) is 5.73. The highest BCUT2D eigenvalue weighted by molar-refractivity contribution is 14.1. The number of carbonyl (C=O) groups is 1. The Morgan fingerprint density at radius 3 is 2.52 bits per heavy atom. The standard InChI is InChI=1S/C20H23IN2O2/c1-2-3-4-5-16-8-12-19(13-9-16)25-15-20(24)23-22-14-17-6-10-18(21)11-7-17/h6-14H,2-5,15H2,1H3,(H,23,24)/b22-14+. The number of halogens is 1. The van der Waals surface area contributed by atoms with E-state index in [9.17, 15) is 4.79 Å². The van der Waals surface area contributed by atoms with Gasteiger partial charge in [0, 0.05) is 3.57 Å². The maximum absolute atomic E-state index is 11.8. The van der Waals surface area contributed by atoms with Crippen LogP contribution in [0.1, 0.15) is 37.3 Å². The smallest absolute Gasteiger partial charge is 0.277 e. The van der Waals surface area contributed by atoms with Gasteiger partial charge in [0.1, 0.15) is 5.75 Å². The summed E-state index contributed by atoms with van der Waals surface area (Å²) in [6.45, 7) is 2.14. The molecule has 4 nitrogen and oxygen atoms in total. The molecular formula is C20H23IN2O2. The fraction of sp³-hybridized carbons (Fsp3) is 0.300. The van der Waals surface area contributed by atoms with E-state index in [0.29, 0.717) is 5.75 Å². The van der Waals surface area contributed by atoms with Crippen molar-refractivity contribution < 1.29 is 9.53 Å². The van der Waals surface area contributed by atoms with E-state index in [1.807, 2.05) is 36.4 Å². The minimum absolute atomic E-state index is 0.0563. The predicted octanol–water partition coefficient (Wildman–Crippen LogP) is 4.55. The van der Waals surface area contributed by atoms with Gasteiger partial charge in [0.15, 0.2) is 6.61 Å². The van der Waals surface area contributed by atoms with E-state index in [2.05, 4.69) is 52.2 Å². The highest BCUT2D eigenvalue weighted by Crippen LogP contribution is 2.14. The van der Waals surface area contributed by atoms with Crippen molar-refractivity contribution in [2.24, 2.45) is 5.10 Å². The quantitative estimate of drug-likeness (QED) is 0.264. The highest BCUT2D eigenvalue weighted by Gasteiger charge is 2.02. The second-order valence-corrected chi connectivity index (χ2v) is 6.98. The normalized spacial score (nSPS) is 10.8. The summed E-state index contributed by atoms with van der Waals surface area (Å²) in [4.78, 5) is 11.8. The number of amides is 1. The van der Waals surface area contributed by atoms with Crippen molar-refractivity contribution in [3.8, 4) is 5.75 Å². The number of benzene rings is 2. The van der Waals surface area contributed by atoms with Crippen molar-refractivity contribution in [1.29, 1.82) is 0 Å². The Morgan fingerprint density at radius 1 is 1.12 bits per heavy atom. The largest absolute Gasteiger partial charge is 0.484 e. The van der Waals surface area contributed by atoms with Crippen LogP contribution >= 0.6 is 22.6 Å². The molecule has 2 aromatic carbocycles. The van der Waals surface area contributed by atoms with Crippen LogP contribution in [-0.4, -0.2) is 18.7 Å². The number of ether oxygens (including phenoxy) is 1. The van der Waals surface area contributed by atoms with Gasteiger partial charge in [-0.3, -0.25) is 4.79 Å². The molecule has 0 heterocycles. The summed E-state index contributed by atoms with van der Waals surface area (Å²) in [6, 6.07) is 15.8. The van der Waals surface area contributed by atoms with E-state index in [1.165, 1.54) is 24.8 Å². The van der Waals surface area contributed by atoms with Gasteiger partial charge in [-0.05, 0) is 70.8 Å². The van der Waals surface area contributed by atoms with Gasteiger partial charge >= 0.3 is 0 Å². The van der Waals surface area contributed by atoms with Gasteiger partial charge < -0.3 is 4.74 Å². The highest BCUT2D eigenvalue weighted by atomic mass is 127. The third-order valence-corrected chi connectivity index (χ3v) is 4.35. The van der Waals surface area contributed by atoms with Gasteiger partial charge in [0.2, 0.25) is 0 Å². The molecule has 0 aliphatic heterocycles. The van der Waals surface area contributed by atoms with Crippen molar-refractivity contribution >= 4 is 34.7 Å². The van der Waals surface area contributed by atoms with Crippen LogP contribution in [0.2, 0.25) is 0 Å². The van der Waals surface area contributed by atoms with Crippen LogP contribution in [-0.2, 0) is 11.2 Å². The summed E-state index contributed by atoms with van der Waals surface area (Å²) in [7, 11) is 0. The first-order valence-corrected chi connectivity index (χ1v) is 9.54. The molecule has 0 radical (unpaired) electrons. The minimum atomic E-state index is -0.284. The molecular weight excluding hydrogens is 427 g/mol. The average molecular weight is 450 g/mol. The summed E-state index contributed by atoms with van der Waals surface area (Å²) in [5.74, 6) is 0.407. The lowest BCUT2D eigenvalue weighted by Gasteiger charge is -2.06. The Hall–Kier alpha value is -1.89. The molecule has 0 aliphatic rings. The van der Waals surface area contributed by atoms with Gasteiger partial charge in [0.25, 0.3) is 5.91 Å². The molecule has 0 saturated heterocycles. The van der Waals surface area contributed by atoms with E-state index in [4.69, 9.17) is 4.74 Å². The average Bonchev–Trinajstić information content (AvgIpc) is 2.63. The second kappa shape index (κ2) is 10.9. The van der Waals surface area contributed by atoms with Crippen molar-refractivity contribution in [3.63, 3.8) is 0 Å². The molecule has 0 bridgehead atoms. The number of nitrogens with one attached hydrogen (secondary N) is 1. The molecule has 0 spiro atoms. The van der Waals surface area contributed by atoms with Crippen molar-refractivity contribution in [2.45, 2.75) is 32.6 Å². The number of unbranched alkanes of at least 4 members (excludes halogenated alkanes) is 2. The molecule has 0 unspecified atom stereocenters. The number of aryl methyl sites for hydroxylation is 1. The van der Waals surface area contributed by atoms with E-state index < -0.39 is 0 Å². The van der Waals surface area contributed by atoms with Gasteiger partial charge in [-0.25, -0.2) is 5.43 Å². The molecule has 5 heteroatoms. The molecule has 0 fully saturated rings. The van der Waals surface area contributed by atoms with E-state index in [1.54, 1.807) is 6.21 Å². The van der Waals surface area contributed by atoms with Gasteiger partial charge in [-0.15, -0.1) is 0 Å². The lowest BCUT2D eigenvalue weighted by Crippen LogP contribution is -2.24. The van der Waals surface area contributed by atoms with E-state index in [0.717, 1.165) is 15.6 Å². The first-order chi connectivity index (χ1) is 12.2. The summed E-state index contributed by atoms with van der Waals surface area (Å²) in [5, 5.41) is 3.93. The SMILES string of the molecule is CCCCCc1ccc(OCC(=O)N/N=C/c2ccc(I)cc2)cc1. The first kappa shape index (κ1) is 19.4. The summed E-state index contributed by atoms with van der Waals surface area (Å²) in [6.07, 6.45) is 6.38. The fourth-order valence-corrected chi connectivity index (χ4v) is 2.60. The van der Waals surface area contributed by atoms with Crippen LogP contribution in [0.4, 0.5) is 0 Å². The zero-order valence-electron chi connectivity index (χ0n) is 14.4. The Bertz CT molecular complexity index is 682. The van der Waals surface area contributed by atoms with Gasteiger partial charge in [-0.1, -0.05) is 44.0 Å². The van der Waals surface area contributed by atoms with Crippen molar-refractivity contribution in [2.75, 3.05) is 6.61 Å². The van der Waals surface area contributed by atoms with Crippen LogP contribution in [0, 0.1) is 3.57 Å². The van der Waals surface area contributed by atoms with Crippen LogP contribution in [0.15, 0.2) is 53.6 Å². The maximum atomic E-state index is 11.8. The summed E-state index contributed by atoms with van der Waals surface area (Å²) in [5.41, 5.74) is 4.69. The zero-order chi connectivity index (χ0) is 17.9.